The molecular formula is C18H19N5O. The van der Waals surface area contributed by atoms with Gasteiger partial charge in [-0.2, -0.15) is 5.10 Å². The number of fused-ring (bicyclic) bond motifs is 1. The number of aliphatic hydroxyl groups excluding tert-OH is 1. The molecule has 0 saturated carbocycles. The van der Waals surface area contributed by atoms with E-state index in [1.807, 2.05) is 18.3 Å². The van der Waals surface area contributed by atoms with Crippen molar-refractivity contribution in [3.05, 3.63) is 65.9 Å². The Morgan fingerprint density at radius 2 is 2.08 bits per heavy atom. The highest BCUT2D eigenvalue weighted by atomic mass is 16.3. The van der Waals surface area contributed by atoms with Crippen molar-refractivity contribution in [2.24, 2.45) is 0 Å². The number of pyridine rings is 1. The zero-order valence-corrected chi connectivity index (χ0v) is 13.4. The highest BCUT2D eigenvalue weighted by Crippen LogP contribution is 2.27. The number of hydrogen-bond donors (Lipinski definition) is 2. The third kappa shape index (κ3) is 2.88. The zero-order valence-electron chi connectivity index (χ0n) is 13.4. The van der Waals surface area contributed by atoms with E-state index < -0.39 is 0 Å². The molecule has 2 heterocycles. The average molecular weight is 321 g/mol. The third-order valence-electron chi connectivity index (χ3n) is 4.42. The van der Waals surface area contributed by atoms with Gasteiger partial charge in [-0.3, -0.25) is 0 Å². The fraction of sp³-hybridized carbons (Fsp3) is 0.278. The van der Waals surface area contributed by atoms with Crippen LogP contribution in [0.1, 0.15) is 29.7 Å². The number of nitrogens with zero attached hydrogens (tertiary/aromatic N) is 4. The lowest BCUT2D eigenvalue weighted by Gasteiger charge is -2.16. The van der Waals surface area contributed by atoms with Crippen LogP contribution in [0.15, 0.2) is 49.2 Å². The Hall–Kier alpha value is -2.73. The van der Waals surface area contributed by atoms with Crippen LogP contribution in [0.25, 0.3) is 5.82 Å². The van der Waals surface area contributed by atoms with Crippen LogP contribution in [0.3, 0.4) is 0 Å². The minimum Gasteiger partial charge on any atom is -0.392 e. The Bertz CT molecular complexity index is 829. The van der Waals surface area contributed by atoms with Gasteiger partial charge in [0.2, 0.25) is 0 Å². The number of benzene rings is 1. The molecular weight excluding hydrogens is 302 g/mol. The van der Waals surface area contributed by atoms with E-state index in [9.17, 15) is 5.11 Å². The first-order chi connectivity index (χ1) is 11.7. The summed E-state index contributed by atoms with van der Waals surface area (Å²) in [5, 5.41) is 17.3. The van der Waals surface area contributed by atoms with Crippen molar-refractivity contribution in [1.29, 1.82) is 0 Å². The van der Waals surface area contributed by atoms with Gasteiger partial charge in [0, 0.05) is 11.9 Å². The quantitative estimate of drug-likeness (QED) is 0.771. The summed E-state index contributed by atoms with van der Waals surface area (Å²) in [5.74, 6) is 0.745. The molecule has 1 aromatic carbocycles. The summed E-state index contributed by atoms with van der Waals surface area (Å²) in [6, 6.07) is 10.4. The molecule has 2 atom stereocenters. The highest BCUT2D eigenvalue weighted by Gasteiger charge is 2.19. The van der Waals surface area contributed by atoms with Crippen molar-refractivity contribution < 1.29 is 5.11 Å². The molecule has 0 amide bonds. The molecule has 24 heavy (non-hydrogen) atoms. The summed E-state index contributed by atoms with van der Waals surface area (Å²) >= 11 is 0. The second-order valence-corrected chi connectivity index (χ2v) is 6.20. The standard InChI is InChI=1S/C18H19N5O/c1-12(14-3-5-18(20-9-14)23-11-19-10-21-23)22-16-4-2-13-7-17(24)8-15(13)6-16/h2-6,9-12,17,22,24H,7-8H2,1H3. The lowest BCUT2D eigenvalue weighted by Crippen LogP contribution is -2.08. The van der Waals surface area contributed by atoms with Gasteiger partial charge >= 0.3 is 0 Å². The molecule has 2 N–H and O–H groups in total. The Balaban J connectivity index is 1.48. The van der Waals surface area contributed by atoms with Gasteiger partial charge < -0.3 is 10.4 Å². The zero-order chi connectivity index (χ0) is 16.5. The number of nitrogens with one attached hydrogen (secondary N) is 1. The lowest BCUT2D eigenvalue weighted by atomic mass is 10.1. The predicted octanol–water partition coefficient (Wildman–Crippen LogP) is 2.29. The van der Waals surface area contributed by atoms with Gasteiger partial charge in [0.05, 0.1) is 12.1 Å². The van der Waals surface area contributed by atoms with Crippen molar-refractivity contribution in [2.75, 3.05) is 5.32 Å². The molecule has 4 rings (SSSR count). The van der Waals surface area contributed by atoms with Crippen LogP contribution < -0.4 is 5.32 Å². The summed E-state index contributed by atoms with van der Waals surface area (Å²) in [6.45, 7) is 2.11. The Morgan fingerprint density at radius 1 is 1.21 bits per heavy atom. The maximum Gasteiger partial charge on any atom is 0.155 e. The third-order valence-corrected chi connectivity index (χ3v) is 4.42. The predicted molar refractivity (Wildman–Crippen MR) is 91.0 cm³/mol. The van der Waals surface area contributed by atoms with Gasteiger partial charge in [-0.15, -0.1) is 0 Å². The second kappa shape index (κ2) is 6.05. The summed E-state index contributed by atoms with van der Waals surface area (Å²) in [6.07, 6.45) is 6.24. The van der Waals surface area contributed by atoms with Gasteiger partial charge in [0.15, 0.2) is 5.82 Å². The van der Waals surface area contributed by atoms with Gasteiger partial charge in [-0.05, 0) is 54.7 Å². The number of aromatic nitrogens is 4. The summed E-state index contributed by atoms with van der Waals surface area (Å²) in [7, 11) is 0. The van der Waals surface area contributed by atoms with Crippen LogP contribution in [0.4, 0.5) is 5.69 Å². The molecule has 1 aliphatic carbocycles. The SMILES string of the molecule is CC(Nc1ccc2c(c1)CC(O)C2)c1ccc(-n2cncn2)nc1. The first-order valence-electron chi connectivity index (χ1n) is 8.06. The van der Waals surface area contributed by atoms with E-state index in [-0.39, 0.29) is 12.1 Å². The first kappa shape index (κ1) is 14.8. The topological polar surface area (TPSA) is 75.9 Å². The van der Waals surface area contributed by atoms with Crippen molar-refractivity contribution in [3.8, 4) is 5.82 Å². The molecule has 122 valence electrons. The van der Waals surface area contributed by atoms with E-state index >= 15 is 0 Å². The molecule has 0 radical (unpaired) electrons. The van der Waals surface area contributed by atoms with Crippen LogP contribution in [-0.2, 0) is 12.8 Å². The molecule has 0 spiro atoms. The lowest BCUT2D eigenvalue weighted by molar-refractivity contribution is 0.187. The van der Waals surface area contributed by atoms with E-state index in [1.165, 1.54) is 17.5 Å². The largest absolute Gasteiger partial charge is 0.392 e. The minimum absolute atomic E-state index is 0.131. The maximum absolute atomic E-state index is 9.77. The number of aliphatic hydroxyl groups is 1. The monoisotopic (exact) mass is 321 g/mol. The number of anilines is 1. The first-order valence-corrected chi connectivity index (χ1v) is 8.06. The molecule has 0 aliphatic heterocycles. The highest BCUT2D eigenvalue weighted by molar-refractivity contribution is 5.52. The van der Waals surface area contributed by atoms with E-state index in [2.05, 4.69) is 45.5 Å². The molecule has 0 bridgehead atoms. The van der Waals surface area contributed by atoms with Crippen LogP contribution in [0, 0.1) is 0 Å². The van der Waals surface area contributed by atoms with Crippen molar-refractivity contribution in [3.63, 3.8) is 0 Å². The summed E-state index contributed by atoms with van der Waals surface area (Å²) in [4.78, 5) is 8.37. The fourth-order valence-corrected chi connectivity index (χ4v) is 3.13. The smallest absolute Gasteiger partial charge is 0.155 e. The molecule has 0 saturated heterocycles. The van der Waals surface area contributed by atoms with Gasteiger partial charge in [-0.1, -0.05) is 12.1 Å². The molecule has 1 aliphatic rings. The van der Waals surface area contributed by atoms with E-state index in [4.69, 9.17) is 0 Å². The molecule has 6 heteroatoms. The molecule has 2 unspecified atom stereocenters. The molecule has 0 fully saturated rings. The Kier molecular flexibility index (Phi) is 3.74. The average Bonchev–Trinajstić information content (AvgIpc) is 3.23. The minimum atomic E-state index is -0.235. The van der Waals surface area contributed by atoms with Gasteiger partial charge in [0.25, 0.3) is 0 Å². The van der Waals surface area contributed by atoms with E-state index in [1.54, 1.807) is 11.0 Å². The number of hydrogen-bond acceptors (Lipinski definition) is 5. The maximum atomic E-state index is 9.77. The molecule has 2 aromatic heterocycles. The van der Waals surface area contributed by atoms with Crippen LogP contribution in [0.2, 0.25) is 0 Å². The van der Waals surface area contributed by atoms with Gasteiger partial charge in [0.1, 0.15) is 12.7 Å². The van der Waals surface area contributed by atoms with Crippen molar-refractivity contribution >= 4 is 5.69 Å². The summed E-state index contributed by atoms with van der Waals surface area (Å²) < 4.78 is 1.63. The van der Waals surface area contributed by atoms with Crippen LogP contribution in [-0.4, -0.2) is 31.0 Å². The van der Waals surface area contributed by atoms with E-state index in [0.29, 0.717) is 0 Å². The Labute approximate surface area is 140 Å². The normalized spacial score (nSPS) is 17.5. The van der Waals surface area contributed by atoms with Crippen LogP contribution in [0.5, 0.6) is 0 Å². The van der Waals surface area contributed by atoms with Crippen molar-refractivity contribution in [1.82, 2.24) is 19.7 Å². The molecule has 6 nitrogen and oxygen atoms in total. The number of rotatable bonds is 4. The molecule has 3 aromatic rings. The summed E-state index contributed by atoms with van der Waals surface area (Å²) in [5.41, 5.74) is 4.65. The van der Waals surface area contributed by atoms with Crippen molar-refractivity contribution in [2.45, 2.75) is 31.9 Å². The second-order valence-electron chi connectivity index (χ2n) is 6.20. The fourth-order valence-electron chi connectivity index (χ4n) is 3.13. The Morgan fingerprint density at radius 3 is 2.83 bits per heavy atom. The van der Waals surface area contributed by atoms with E-state index in [0.717, 1.165) is 29.9 Å². The van der Waals surface area contributed by atoms with Gasteiger partial charge in [-0.25, -0.2) is 14.6 Å². The van der Waals surface area contributed by atoms with Crippen LogP contribution >= 0.6 is 0 Å².